The fourth-order valence-corrected chi connectivity index (χ4v) is 5.54. The number of halogens is 1. The summed E-state index contributed by atoms with van der Waals surface area (Å²) in [6, 6.07) is 0.801. The van der Waals surface area contributed by atoms with E-state index in [0.717, 1.165) is 31.7 Å². The molecule has 0 N–H and O–H groups in total. The van der Waals surface area contributed by atoms with Crippen molar-refractivity contribution in [1.82, 2.24) is 0 Å². The van der Waals surface area contributed by atoms with Crippen LogP contribution in [0.5, 0.6) is 0 Å². The van der Waals surface area contributed by atoms with Gasteiger partial charge in [0.25, 0.3) is 0 Å². The summed E-state index contributed by atoms with van der Waals surface area (Å²) in [6.45, 7) is 12.6. The maximum Gasteiger partial charge on any atom is 0.501 e. The normalized spacial score (nSPS) is 19.4. The molecule has 3 atom stereocenters. The van der Waals surface area contributed by atoms with E-state index in [9.17, 15) is 0 Å². The standard InChI is InChI=1S/C15H33ClO3Si/c1-7-13(4)17-20(12-10-11-16,18-14(5)8-2)19-15(6)9-3/h13-15H,7-12H2,1-6H3. The number of hydrogen-bond donors (Lipinski definition) is 0. The Kier molecular flexibility index (Phi) is 11.2. The van der Waals surface area contributed by atoms with Crippen molar-refractivity contribution in [2.75, 3.05) is 5.88 Å². The van der Waals surface area contributed by atoms with Gasteiger partial charge in [0.1, 0.15) is 0 Å². The van der Waals surface area contributed by atoms with E-state index in [1.807, 2.05) is 0 Å². The van der Waals surface area contributed by atoms with Gasteiger partial charge in [-0.2, -0.15) is 0 Å². The molecule has 0 saturated carbocycles. The zero-order valence-corrected chi connectivity index (χ0v) is 15.8. The Morgan fingerprint density at radius 1 is 0.800 bits per heavy atom. The molecule has 0 rings (SSSR count). The highest BCUT2D eigenvalue weighted by molar-refractivity contribution is 6.61. The second-order valence-electron chi connectivity index (χ2n) is 5.49. The van der Waals surface area contributed by atoms with Crippen molar-refractivity contribution in [1.29, 1.82) is 0 Å². The summed E-state index contributed by atoms with van der Waals surface area (Å²) in [5.74, 6) is 0.617. The summed E-state index contributed by atoms with van der Waals surface area (Å²) < 4.78 is 18.8. The Labute approximate surface area is 131 Å². The molecule has 0 aromatic heterocycles. The molecule has 0 aliphatic heterocycles. The van der Waals surface area contributed by atoms with Gasteiger partial charge in [-0.1, -0.05) is 20.8 Å². The van der Waals surface area contributed by atoms with Gasteiger partial charge in [-0.05, 0) is 46.5 Å². The van der Waals surface area contributed by atoms with E-state index in [-0.39, 0.29) is 18.3 Å². The highest BCUT2D eigenvalue weighted by atomic mass is 35.5. The lowest BCUT2D eigenvalue weighted by atomic mass is 10.3. The van der Waals surface area contributed by atoms with Crippen molar-refractivity contribution in [3.8, 4) is 0 Å². The van der Waals surface area contributed by atoms with Crippen LogP contribution in [0.15, 0.2) is 0 Å². The van der Waals surface area contributed by atoms with Gasteiger partial charge in [0, 0.05) is 30.2 Å². The van der Waals surface area contributed by atoms with E-state index in [2.05, 4.69) is 41.5 Å². The van der Waals surface area contributed by atoms with Crippen molar-refractivity contribution in [2.24, 2.45) is 0 Å². The van der Waals surface area contributed by atoms with Crippen molar-refractivity contribution >= 4 is 20.4 Å². The van der Waals surface area contributed by atoms with Crippen LogP contribution in [-0.2, 0) is 13.3 Å². The summed E-state index contributed by atoms with van der Waals surface area (Å²) in [6.07, 6.45) is 4.23. The molecule has 0 radical (unpaired) electrons. The second kappa shape index (κ2) is 11.0. The van der Waals surface area contributed by atoms with Gasteiger partial charge in [0.2, 0.25) is 0 Å². The van der Waals surface area contributed by atoms with Gasteiger partial charge in [-0.25, -0.2) is 0 Å². The molecular weight excluding hydrogens is 292 g/mol. The van der Waals surface area contributed by atoms with Crippen molar-refractivity contribution in [3.63, 3.8) is 0 Å². The van der Waals surface area contributed by atoms with Gasteiger partial charge < -0.3 is 13.3 Å². The zero-order chi connectivity index (χ0) is 15.6. The third kappa shape index (κ3) is 7.98. The van der Waals surface area contributed by atoms with E-state index in [1.165, 1.54) is 0 Å². The molecule has 0 saturated heterocycles. The van der Waals surface area contributed by atoms with Crippen LogP contribution >= 0.6 is 11.6 Å². The number of hydrogen-bond acceptors (Lipinski definition) is 3. The van der Waals surface area contributed by atoms with Gasteiger partial charge in [-0.15, -0.1) is 11.6 Å². The smallest absolute Gasteiger partial charge is 0.371 e. The summed E-state index contributed by atoms with van der Waals surface area (Å²) in [5, 5.41) is 0. The van der Waals surface area contributed by atoms with Gasteiger partial charge in [0.15, 0.2) is 0 Å². The SMILES string of the molecule is CCC(C)O[Si](CCCCl)(OC(C)CC)OC(C)CC. The fraction of sp³-hybridized carbons (Fsp3) is 1.00. The highest BCUT2D eigenvalue weighted by Crippen LogP contribution is 2.26. The predicted molar refractivity (Wildman–Crippen MR) is 88.4 cm³/mol. The maximum atomic E-state index is 6.27. The van der Waals surface area contributed by atoms with Crippen LogP contribution in [0.1, 0.15) is 67.2 Å². The summed E-state index contributed by atoms with van der Waals surface area (Å²) in [5.41, 5.74) is 0. The fourth-order valence-electron chi connectivity index (χ4n) is 1.71. The van der Waals surface area contributed by atoms with E-state index in [0.29, 0.717) is 5.88 Å². The topological polar surface area (TPSA) is 27.7 Å². The van der Waals surface area contributed by atoms with E-state index in [1.54, 1.807) is 0 Å². The largest absolute Gasteiger partial charge is 0.501 e. The van der Waals surface area contributed by atoms with Gasteiger partial charge in [0.05, 0.1) is 0 Å². The Morgan fingerprint density at radius 3 is 1.40 bits per heavy atom. The minimum atomic E-state index is -2.65. The van der Waals surface area contributed by atoms with E-state index in [4.69, 9.17) is 24.9 Å². The molecule has 0 spiro atoms. The molecule has 0 fully saturated rings. The Balaban J connectivity index is 5.03. The van der Waals surface area contributed by atoms with Crippen molar-refractivity contribution < 1.29 is 13.3 Å². The first-order chi connectivity index (χ1) is 9.42. The average Bonchev–Trinajstić information content (AvgIpc) is 2.44. The molecule has 0 aromatic rings. The van der Waals surface area contributed by atoms with Gasteiger partial charge >= 0.3 is 8.80 Å². The molecule has 0 aliphatic rings. The molecule has 3 unspecified atom stereocenters. The minimum Gasteiger partial charge on any atom is -0.371 e. The lowest BCUT2D eigenvalue weighted by Gasteiger charge is -2.36. The molecule has 0 heterocycles. The quantitative estimate of drug-likeness (QED) is 0.373. The first-order valence-electron chi connectivity index (χ1n) is 8.02. The van der Waals surface area contributed by atoms with Crippen LogP contribution in [0.4, 0.5) is 0 Å². The monoisotopic (exact) mass is 324 g/mol. The van der Waals surface area contributed by atoms with Crippen LogP contribution < -0.4 is 0 Å². The molecule has 20 heavy (non-hydrogen) atoms. The van der Waals surface area contributed by atoms with Crippen LogP contribution in [0.3, 0.4) is 0 Å². The molecule has 122 valence electrons. The summed E-state index contributed by atoms with van der Waals surface area (Å²) in [7, 11) is -2.65. The summed E-state index contributed by atoms with van der Waals surface area (Å²) >= 11 is 5.87. The van der Waals surface area contributed by atoms with Crippen LogP contribution in [0.2, 0.25) is 6.04 Å². The third-order valence-electron chi connectivity index (χ3n) is 3.48. The first-order valence-corrected chi connectivity index (χ1v) is 10.5. The van der Waals surface area contributed by atoms with Gasteiger partial charge in [-0.3, -0.25) is 0 Å². The molecule has 0 aliphatic carbocycles. The van der Waals surface area contributed by atoms with Crippen LogP contribution in [-0.4, -0.2) is 33.0 Å². The Morgan fingerprint density at radius 2 is 1.15 bits per heavy atom. The van der Waals surface area contributed by atoms with Crippen molar-refractivity contribution in [2.45, 2.75) is 91.6 Å². The summed E-state index contributed by atoms with van der Waals surface area (Å²) in [4.78, 5) is 0. The number of alkyl halides is 1. The molecular formula is C15H33ClO3Si. The molecule has 3 nitrogen and oxygen atoms in total. The molecule has 0 amide bonds. The second-order valence-corrected chi connectivity index (χ2v) is 8.44. The third-order valence-corrected chi connectivity index (χ3v) is 7.00. The maximum absolute atomic E-state index is 6.27. The minimum absolute atomic E-state index is 0.158. The molecule has 5 heteroatoms. The van der Waals surface area contributed by atoms with Crippen LogP contribution in [0.25, 0.3) is 0 Å². The predicted octanol–water partition coefficient (Wildman–Crippen LogP) is 5.00. The highest BCUT2D eigenvalue weighted by Gasteiger charge is 2.44. The Bertz CT molecular complexity index is 210. The lowest BCUT2D eigenvalue weighted by Crippen LogP contribution is -2.51. The Hall–Kier alpha value is 0.387. The zero-order valence-electron chi connectivity index (χ0n) is 14.1. The van der Waals surface area contributed by atoms with Crippen molar-refractivity contribution in [3.05, 3.63) is 0 Å². The van der Waals surface area contributed by atoms with E-state index >= 15 is 0 Å². The van der Waals surface area contributed by atoms with E-state index < -0.39 is 8.80 Å². The molecule has 0 bridgehead atoms. The molecule has 0 aromatic carbocycles. The number of rotatable bonds is 12. The average molecular weight is 325 g/mol. The van der Waals surface area contributed by atoms with Crippen LogP contribution in [0, 0.1) is 0 Å². The lowest BCUT2D eigenvalue weighted by molar-refractivity contribution is -0.0108. The first kappa shape index (κ1) is 20.4.